The molecule has 0 heterocycles. The molecule has 0 aromatic heterocycles. The van der Waals surface area contributed by atoms with Crippen LogP contribution in [-0.4, -0.2) is 22.9 Å². The molecule has 0 radical (unpaired) electrons. The molecule has 0 saturated heterocycles. The Morgan fingerprint density at radius 3 is 1.67 bits per heavy atom. The minimum atomic E-state index is -4.50. The molecule has 0 aromatic rings. The Labute approximate surface area is 108 Å². The fraction of sp³-hybridized carbons (Fsp3) is 1.00. The van der Waals surface area contributed by atoms with E-state index in [-0.39, 0.29) is 24.6 Å². The molecule has 2 atom stereocenters. The predicted molar refractivity (Wildman–Crippen MR) is 59.7 cm³/mol. The summed E-state index contributed by atoms with van der Waals surface area (Å²) in [4.78, 5) is 11.1. The van der Waals surface area contributed by atoms with Gasteiger partial charge in [0.05, 0.1) is 0 Å². The molecule has 0 N–H and O–H groups in total. The Hall–Kier alpha value is 1.27. The zero-order valence-corrected chi connectivity index (χ0v) is 11.5. The number of hydrogen-bond acceptors (Lipinski definition) is 4. The Balaban J connectivity index is 4.00. The molecule has 0 aliphatic rings. The number of rotatable bonds is 8. The molecule has 0 bridgehead atoms. The fourth-order valence-electron chi connectivity index (χ4n) is 0.582. The molecule has 92 valence electrons. The normalized spacial score (nSPS) is 19.5. The monoisotopic (exact) mass is 317 g/mol. The zero-order chi connectivity index (χ0) is 11.9. The first-order chi connectivity index (χ1) is 6.91. The molecule has 0 spiro atoms. The van der Waals surface area contributed by atoms with E-state index >= 15 is 0 Å². The maximum absolute atomic E-state index is 11.1. The van der Waals surface area contributed by atoms with Crippen LogP contribution in [0, 0.1) is 0 Å². The van der Waals surface area contributed by atoms with Gasteiger partial charge in [0.1, 0.15) is 11.1 Å². The summed E-state index contributed by atoms with van der Waals surface area (Å²) in [5.41, 5.74) is -2.10. The van der Waals surface area contributed by atoms with Gasteiger partial charge in [-0.2, -0.15) is 0 Å². The summed E-state index contributed by atoms with van der Waals surface area (Å²) in [5.74, 6) is 0.361. The van der Waals surface area contributed by atoms with Gasteiger partial charge in [-0.3, -0.25) is 13.6 Å². The summed E-state index contributed by atoms with van der Waals surface area (Å²) in [5, 5.41) is 0. The maximum Gasteiger partial charge on any atom is 0.270 e. The lowest BCUT2D eigenvalue weighted by atomic mass is 10.5. The highest BCUT2D eigenvalue weighted by Crippen LogP contribution is 2.43. The van der Waals surface area contributed by atoms with E-state index in [0.717, 1.165) is 0 Å². The molecule has 0 saturated carbocycles. The average molecular weight is 319 g/mol. The Morgan fingerprint density at radius 1 is 1.07 bits per heavy atom. The average Bonchev–Trinajstić information content (AvgIpc) is 2.01. The number of alkyl halides is 4. The summed E-state index contributed by atoms with van der Waals surface area (Å²) in [6.07, 6.45) is 0.363. The third-order valence-corrected chi connectivity index (χ3v) is 3.48. The summed E-state index contributed by atoms with van der Waals surface area (Å²) in [7, 11) is -4.50. The SMILES string of the molecule is O=P([O-])(OC(Cl)CCCl)OC(Cl)CCCl. The standard InChI is InChI=1S/C6H11Cl4O4P/c7-3-1-5(9)13-15(11,12)14-6(10)2-4-8/h5-6H,1-4H2,(H,11,12)/p-1. The van der Waals surface area contributed by atoms with Crippen LogP contribution in [0.25, 0.3) is 0 Å². The van der Waals surface area contributed by atoms with Gasteiger partial charge in [0.2, 0.25) is 0 Å². The van der Waals surface area contributed by atoms with Crippen molar-refractivity contribution < 1.29 is 18.5 Å². The van der Waals surface area contributed by atoms with Crippen LogP contribution in [0.5, 0.6) is 0 Å². The van der Waals surface area contributed by atoms with E-state index in [1.54, 1.807) is 0 Å². The lowest BCUT2D eigenvalue weighted by Crippen LogP contribution is -2.17. The molecule has 4 nitrogen and oxygen atoms in total. The molecular weight excluding hydrogens is 309 g/mol. The Kier molecular flexibility index (Phi) is 9.08. The van der Waals surface area contributed by atoms with Gasteiger partial charge in [-0.05, 0) is 0 Å². The minimum absolute atomic E-state index is 0.181. The van der Waals surface area contributed by atoms with Crippen LogP contribution in [0.15, 0.2) is 0 Å². The maximum atomic E-state index is 11.1. The van der Waals surface area contributed by atoms with Crippen molar-refractivity contribution in [2.45, 2.75) is 24.0 Å². The number of halogens is 4. The second-order valence-corrected chi connectivity index (χ2v) is 5.48. The van der Waals surface area contributed by atoms with Crippen molar-refractivity contribution in [2.24, 2.45) is 0 Å². The van der Waals surface area contributed by atoms with E-state index in [1.165, 1.54) is 0 Å². The summed E-state index contributed by atoms with van der Waals surface area (Å²) in [6.45, 7) is 0. The van der Waals surface area contributed by atoms with Gasteiger partial charge < -0.3 is 4.89 Å². The Morgan fingerprint density at radius 2 is 1.40 bits per heavy atom. The van der Waals surface area contributed by atoms with E-state index in [1.807, 2.05) is 0 Å². The zero-order valence-electron chi connectivity index (χ0n) is 7.58. The van der Waals surface area contributed by atoms with E-state index in [0.29, 0.717) is 0 Å². The van der Waals surface area contributed by atoms with Gasteiger partial charge in [-0.25, -0.2) is 0 Å². The largest absolute Gasteiger partial charge is 0.756 e. The molecule has 0 aliphatic carbocycles. The first kappa shape index (κ1) is 16.3. The van der Waals surface area contributed by atoms with Gasteiger partial charge in [0.25, 0.3) is 7.82 Å². The quantitative estimate of drug-likeness (QED) is 0.510. The third-order valence-electron chi connectivity index (χ3n) is 1.16. The molecule has 0 aromatic carbocycles. The first-order valence-electron chi connectivity index (χ1n) is 3.99. The lowest BCUT2D eigenvalue weighted by Gasteiger charge is -2.26. The number of phosphoric acid groups is 1. The van der Waals surface area contributed by atoms with E-state index in [2.05, 4.69) is 9.05 Å². The smallest absolute Gasteiger partial charge is 0.270 e. The number of phosphoric ester groups is 1. The van der Waals surface area contributed by atoms with Crippen molar-refractivity contribution in [3.05, 3.63) is 0 Å². The van der Waals surface area contributed by atoms with Crippen molar-refractivity contribution in [1.82, 2.24) is 0 Å². The molecule has 0 amide bonds. The molecule has 0 fully saturated rings. The first-order valence-corrected chi connectivity index (χ1v) is 7.39. The second-order valence-electron chi connectivity index (χ2n) is 2.43. The van der Waals surface area contributed by atoms with E-state index in [4.69, 9.17) is 46.4 Å². The highest BCUT2D eigenvalue weighted by molar-refractivity contribution is 7.46. The van der Waals surface area contributed by atoms with Gasteiger partial charge in [-0.1, -0.05) is 23.2 Å². The van der Waals surface area contributed by atoms with Crippen molar-refractivity contribution >= 4 is 54.2 Å². The van der Waals surface area contributed by atoms with Crippen LogP contribution in [0.3, 0.4) is 0 Å². The topological polar surface area (TPSA) is 58.6 Å². The van der Waals surface area contributed by atoms with Crippen LogP contribution in [0.2, 0.25) is 0 Å². The number of hydrogen-bond donors (Lipinski definition) is 0. The molecule has 2 unspecified atom stereocenters. The van der Waals surface area contributed by atoms with Gasteiger partial charge in [-0.15, -0.1) is 23.2 Å². The summed E-state index contributed by atoms with van der Waals surface area (Å²) < 4.78 is 20.0. The van der Waals surface area contributed by atoms with Crippen LogP contribution >= 0.6 is 54.2 Å². The van der Waals surface area contributed by atoms with Crippen molar-refractivity contribution in [1.29, 1.82) is 0 Å². The van der Waals surface area contributed by atoms with Gasteiger partial charge >= 0.3 is 0 Å². The molecule has 9 heteroatoms. The highest BCUT2D eigenvalue weighted by atomic mass is 35.5. The molecule has 0 aliphatic heterocycles. The minimum Gasteiger partial charge on any atom is -0.756 e. The van der Waals surface area contributed by atoms with Gasteiger partial charge in [0.15, 0.2) is 0 Å². The van der Waals surface area contributed by atoms with Crippen molar-refractivity contribution in [2.75, 3.05) is 11.8 Å². The van der Waals surface area contributed by atoms with E-state index < -0.39 is 18.9 Å². The van der Waals surface area contributed by atoms with Crippen LogP contribution in [-0.2, 0) is 13.6 Å². The van der Waals surface area contributed by atoms with Crippen LogP contribution < -0.4 is 4.89 Å². The second kappa shape index (κ2) is 8.37. The predicted octanol–water partition coefficient (Wildman–Crippen LogP) is 2.88. The molecule has 0 rings (SSSR count). The molecular formula is C6H10Cl4O4P-. The van der Waals surface area contributed by atoms with Crippen molar-refractivity contribution in [3.8, 4) is 0 Å². The lowest BCUT2D eigenvalue weighted by molar-refractivity contribution is -0.228. The van der Waals surface area contributed by atoms with Gasteiger partial charge in [0, 0.05) is 24.6 Å². The third kappa shape index (κ3) is 9.02. The summed E-state index contributed by atoms with van der Waals surface area (Å²) >= 11 is 21.7. The summed E-state index contributed by atoms with van der Waals surface area (Å²) in [6, 6.07) is 0. The van der Waals surface area contributed by atoms with Crippen LogP contribution in [0.1, 0.15) is 12.8 Å². The fourth-order valence-corrected chi connectivity index (χ4v) is 2.83. The van der Waals surface area contributed by atoms with E-state index in [9.17, 15) is 9.46 Å². The molecule has 15 heavy (non-hydrogen) atoms. The highest BCUT2D eigenvalue weighted by Gasteiger charge is 2.19. The van der Waals surface area contributed by atoms with Crippen molar-refractivity contribution in [3.63, 3.8) is 0 Å². The Bertz CT molecular complexity index is 199. The van der Waals surface area contributed by atoms with Crippen LogP contribution in [0.4, 0.5) is 0 Å².